The first-order valence-electron chi connectivity index (χ1n) is 17.8. The highest BCUT2D eigenvalue weighted by atomic mass is 32.1. The van der Waals surface area contributed by atoms with Gasteiger partial charge in [0.25, 0.3) is 0 Å². The van der Waals surface area contributed by atoms with Gasteiger partial charge in [-0.15, -0.1) is 11.3 Å². The molecule has 1 unspecified atom stereocenters. The standard InChI is InChI=1S/C48H31N3S/c1-2-12-30(13-3-1)46-39-19-6-8-22-42(39)49-48(50-46)51-43-29-33-15-5-4-14-32(33)27-40(43)38-21-11-20-36(47(38)51)35-17-10-16-31(26-35)34-24-25-45-41(28-34)37-18-7-9-23-44(37)52-45/h1-28,33H,29H2. The summed E-state index contributed by atoms with van der Waals surface area (Å²) in [5.74, 6) is 1.01. The lowest BCUT2D eigenvalue weighted by Crippen LogP contribution is -2.15. The number of allylic oxidation sites excluding steroid dienone is 5. The predicted molar refractivity (Wildman–Crippen MR) is 219 cm³/mol. The largest absolute Gasteiger partial charge is 0.281 e. The van der Waals surface area contributed by atoms with E-state index in [9.17, 15) is 0 Å². The molecule has 3 nitrogen and oxygen atoms in total. The first kappa shape index (κ1) is 29.4. The Morgan fingerprint density at radius 1 is 0.577 bits per heavy atom. The van der Waals surface area contributed by atoms with Crippen molar-refractivity contribution in [3.63, 3.8) is 0 Å². The number of fused-ring (bicyclic) bond motifs is 8. The number of hydrogen-bond donors (Lipinski definition) is 0. The molecule has 9 aromatic rings. The normalized spacial score (nSPS) is 15.0. The minimum absolute atomic E-state index is 0.310. The summed E-state index contributed by atoms with van der Waals surface area (Å²) in [5.41, 5.74) is 12.7. The molecule has 0 N–H and O–H groups in total. The van der Waals surface area contributed by atoms with Crippen molar-refractivity contribution in [2.24, 2.45) is 5.92 Å². The predicted octanol–water partition coefficient (Wildman–Crippen LogP) is 12.6. The molecule has 0 spiro atoms. The summed E-state index contributed by atoms with van der Waals surface area (Å²) in [6, 6.07) is 50.3. The van der Waals surface area contributed by atoms with E-state index in [1.807, 2.05) is 11.3 Å². The molecule has 0 fully saturated rings. The Hall–Kier alpha value is -6.36. The number of rotatable bonds is 4. The third-order valence-electron chi connectivity index (χ3n) is 10.7. The second-order valence-electron chi connectivity index (χ2n) is 13.7. The van der Waals surface area contributed by atoms with E-state index in [1.54, 1.807) is 0 Å². The Kier molecular flexibility index (Phi) is 6.55. The zero-order chi connectivity index (χ0) is 34.2. The van der Waals surface area contributed by atoms with Crippen LogP contribution in [-0.4, -0.2) is 14.5 Å². The Balaban J connectivity index is 1.16. The van der Waals surface area contributed by atoms with Crippen LogP contribution < -0.4 is 0 Å². The van der Waals surface area contributed by atoms with Crippen molar-refractivity contribution in [3.05, 3.63) is 181 Å². The van der Waals surface area contributed by atoms with Gasteiger partial charge in [-0.05, 0) is 65.1 Å². The molecule has 1 atom stereocenters. The van der Waals surface area contributed by atoms with Gasteiger partial charge in [0.05, 0.1) is 16.7 Å². The van der Waals surface area contributed by atoms with Gasteiger partial charge in [0.2, 0.25) is 5.95 Å². The summed E-state index contributed by atoms with van der Waals surface area (Å²) in [5, 5.41) is 4.90. The van der Waals surface area contributed by atoms with E-state index in [1.165, 1.54) is 64.6 Å². The molecule has 3 aromatic heterocycles. The lowest BCUT2D eigenvalue weighted by atomic mass is 9.83. The lowest BCUT2D eigenvalue weighted by molar-refractivity contribution is 0.719. The molecular formula is C48H31N3S. The van der Waals surface area contributed by atoms with Gasteiger partial charge >= 0.3 is 0 Å². The van der Waals surface area contributed by atoms with Gasteiger partial charge in [-0.1, -0.05) is 133 Å². The van der Waals surface area contributed by atoms with Crippen LogP contribution in [0, 0.1) is 5.92 Å². The molecule has 0 aliphatic heterocycles. The van der Waals surface area contributed by atoms with Crippen LogP contribution in [-0.2, 0) is 6.42 Å². The van der Waals surface area contributed by atoms with Crippen LogP contribution in [0.2, 0.25) is 0 Å². The van der Waals surface area contributed by atoms with E-state index in [2.05, 4.69) is 174 Å². The second kappa shape index (κ2) is 11.6. The first-order chi connectivity index (χ1) is 25.8. The number of benzene rings is 6. The topological polar surface area (TPSA) is 30.7 Å². The van der Waals surface area contributed by atoms with Crippen molar-refractivity contribution in [2.75, 3.05) is 0 Å². The average molecular weight is 682 g/mol. The van der Waals surface area contributed by atoms with E-state index in [4.69, 9.17) is 9.97 Å². The van der Waals surface area contributed by atoms with Crippen LogP contribution in [0.5, 0.6) is 0 Å². The van der Waals surface area contributed by atoms with Crippen molar-refractivity contribution in [1.29, 1.82) is 0 Å². The highest BCUT2D eigenvalue weighted by molar-refractivity contribution is 7.25. The molecule has 0 amide bonds. The van der Waals surface area contributed by atoms with Crippen LogP contribution in [0.15, 0.2) is 169 Å². The molecule has 244 valence electrons. The van der Waals surface area contributed by atoms with Gasteiger partial charge in [0.15, 0.2) is 0 Å². The van der Waals surface area contributed by atoms with Crippen molar-refractivity contribution in [3.8, 4) is 39.5 Å². The minimum Gasteiger partial charge on any atom is -0.281 e. The van der Waals surface area contributed by atoms with Crippen LogP contribution in [0.3, 0.4) is 0 Å². The first-order valence-corrected chi connectivity index (χ1v) is 18.7. The maximum absolute atomic E-state index is 5.42. The van der Waals surface area contributed by atoms with Gasteiger partial charge in [-0.25, -0.2) is 9.97 Å². The number of hydrogen-bond acceptors (Lipinski definition) is 3. The summed E-state index contributed by atoms with van der Waals surface area (Å²) in [6.07, 6.45) is 12.2. The van der Waals surface area contributed by atoms with Gasteiger partial charge in [-0.3, -0.25) is 4.57 Å². The fourth-order valence-electron chi connectivity index (χ4n) is 8.30. The quantitative estimate of drug-likeness (QED) is 0.185. The lowest BCUT2D eigenvalue weighted by Gasteiger charge is -2.23. The molecular weight excluding hydrogens is 651 g/mol. The Morgan fingerprint density at radius 3 is 2.27 bits per heavy atom. The average Bonchev–Trinajstić information content (AvgIpc) is 3.75. The van der Waals surface area contributed by atoms with Crippen LogP contribution in [0.1, 0.15) is 11.3 Å². The summed E-state index contributed by atoms with van der Waals surface area (Å²) in [4.78, 5) is 10.7. The summed E-state index contributed by atoms with van der Waals surface area (Å²) in [7, 11) is 0. The van der Waals surface area contributed by atoms with Gasteiger partial charge < -0.3 is 0 Å². The molecule has 4 heteroatoms. The Morgan fingerprint density at radius 2 is 1.33 bits per heavy atom. The van der Waals surface area contributed by atoms with Crippen LogP contribution in [0.4, 0.5) is 0 Å². The molecule has 52 heavy (non-hydrogen) atoms. The zero-order valence-corrected chi connectivity index (χ0v) is 29.0. The summed E-state index contributed by atoms with van der Waals surface area (Å²) < 4.78 is 5.01. The highest BCUT2D eigenvalue weighted by Crippen LogP contribution is 2.44. The summed E-state index contributed by atoms with van der Waals surface area (Å²) in [6.45, 7) is 0. The fraction of sp³-hybridized carbons (Fsp3) is 0.0417. The maximum atomic E-state index is 5.42. The number of aromatic nitrogens is 3. The van der Waals surface area contributed by atoms with Crippen molar-refractivity contribution >= 4 is 59.4 Å². The number of para-hydroxylation sites is 2. The molecule has 2 aliphatic rings. The smallest absolute Gasteiger partial charge is 0.235 e. The van der Waals surface area contributed by atoms with E-state index in [0.717, 1.165) is 34.1 Å². The van der Waals surface area contributed by atoms with E-state index in [-0.39, 0.29) is 0 Å². The molecule has 3 heterocycles. The fourth-order valence-corrected chi connectivity index (χ4v) is 9.38. The van der Waals surface area contributed by atoms with Crippen molar-refractivity contribution < 1.29 is 0 Å². The third kappa shape index (κ3) is 4.58. The Bertz CT molecular complexity index is 2990. The molecule has 2 aliphatic carbocycles. The van der Waals surface area contributed by atoms with Crippen LogP contribution >= 0.6 is 11.3 Å². The van der Waals surface area contributed by atoms with Gasteiger partial charge in [0.1, 0.15) is 0 Å². The maximum Gasteiger partial charge on any atom is 0.235 e. The summed E-state index contributed by atoms with van der Waals surface area (Å²) >= 11 is 1.86. The van der Waals surface area contributed by atoms with Crippen LogP contribution in [0.25, 0.3) is 87.5 Å². The Labute approximate surface area is 305 Å². The third-order valence-corrected chi connectivity index (χ3v) is 11.9. The molecule has 0 bridgehead atoms. The molecule has 0 saturated heterocycles. The molecule has 0 saturated carbocycles. The minimum atomic E-state index is 0.310. The molecule has 6 aromatic carbocycles. The number of nitrogens with zero attached hydrogens (tertiary/aromatic N) is 3. The second-order valence-corrected chi connectivity index (χ2v) is 14.8. The van der Waals surface area contributed by atoms with E-state index >= 15 is 0 Å². The highest BCUT2D eigenvalue weighted by Gasteiger charge is 2.29. The van der Waals surface area contributed by atoms with E-state index in [0.29, 0.717) is 11.9 Å². The molecule has 11 rings (SSSR count). The van der Waals surface area contributed by atoms with Gasteiger partial charge in [0, 0.05) is 59.2 Å². The molecule has 0 radical (unpaired) electrons. The zero-order valence-electron chi connectivity index (χ0n) is 28.2. The van der Waals surface area contributed by atoms with Crippen molar-refractivity contribution in [1.82, 2.24) is 14.5 Å². The SMILES string of the molecule is C1=CC2=Cc3c(n(-c4nc(-c5ccccc5)c5ccccc5n4)c4c(-c5cccc(-c6ccc7sc8ccccc8c7c6)c5)cccc34)CC2C=C1. The van der Waals surface area contributed by atoms with E-state index < -0.39 is 0 Å². The van der Waals surface area contributed by atoms with Crippen molar-refractivity contribution in [2.45, 2.75) is 6.42 Å². The van der Waals surface area contributed by atoms with Gasteiger partial charge in [-0.2, -0.15) is 0 Å². The number of thiophene rings is 1. The monoisotopic (exact) mass is 681 g/mol.